The molecule has 4 nitrogen and oxygen atoms in total. The molecule has 20 heavy (non-hydrogen) atoms. The normalized spacial score (nSPS) is 10.3. The van der Waals surface area contributed by atoms with Gasteiger partial charge in [0.15, 0.2) is 17.3 Å². The zero-order valence-corrected chi connectivity index (χ0v) is 10.7. The van der Waals surface area contributed by atoms with Gasteiger partial charge in [-0.1, -0.05) is 29.8 Å². The van der Waals surface area contributed by atoms with Crippen molar-refractivity contribution in [3.63, 3.8) is 0 Å². The highest BCUT2D eigenvalue weighted by Crippen LogP contribution is 2.29. The summed E-state index contributed by atoms with van der Waals surface area (Å²) in [6.45, 7) is 2.07. The van der Waals surface area contributed by atoms with Crippen molar-refractivity contribution in [2.45, 2.75) is 13.5 Å². The molecule has 0 radical (unpaired) electrons. The second-order valence-electron chi connectivity index (χ2n) is 4.36. The predicted molar refractivity (Wildman–Crippen MR) is 71.5 cm³/mol. The summed E-state index contributed by atoms with van der Waals surface area (Å²) in [4.78, 5) is 10.1. The fraction of sp³-hybridized carbons (Fsp3) is 0.143. The molecule has 0 aliphatic heterocycles. The van der Waals surface area contributed by atoms with Crippen LogP contribution in [0.1, 0.15) is 11.1 Å². The zero-order valence-electron chi connectivity index (χ0n) is 10.7. The maximum atomic E-state index is 13.7. The minimum absolute atomic E-state index is 0.170. The molecule has 0 bridgehead atoms. The summed E-state index contributed by atoms with van der Waals surface area (Å²) in [6.07, 6.45) is 0. The molecule has 2 aromatic rings. The molecule has 0 unspecified atom stereocenters. The third-order valence-corrected chi connectivity index (χ3v) is 2.82. The average Bonchev–Trinajstić information content (AvgIpc) is 2.40. The van der Waals surface area contributed by atoms with Gasteiger partial charge in [0.05, 0.1) is 4.92 Å². The Morgan fingerprint density at radius 2 is 2.00 bits per heavy atom. The van der Waals surface area contributed by atoms with Gasteiger partial charge in [-0.15, -0.1) is 0 Å². The Morgan fingerprint density at radius 1 is 1.25 bits per heavy atom. The van der Waals surface area contributed by atoms with E-state index in [-0.39, 0.29) is 6.54 Å². The molecule has 0 atom stereocenters. The van der Waals surface area contributed by atoms with Crippen molar-refractivity contribution in [1.29, 1.82) is 0 Å². The molecule has 0 aliphatic carbocycles. The number of nitro groups is 1. The first kappa shape index (κ1) is 13.9. The number of nitrogens with one attached hydrogen (secondary N) is 1. The Hall–Kier alpha value is -2.50. The van der Waals surface area contributed by atoms with Crippen molar-refractivity contribution >= 4 is 11.4 Å². The number of nitrogens with zero attached hydrogens (tertiary/aromatic N) is 1. The largest absolute Gasteiger partial charge is 0.373 e. The number of nitro benzene ring substituents is 1. The van der Waals surface area contributed by atoms with Gasteiger partial charge < -0.3 is 5.32 Å². The van der Waals surface area contributed by atoms with Gasteiger partial charge in [0.2, 0.25) is 0 Å². The third kappa shape index (κ3) is 2.90. The number of hydrogen-bond acceptors (Lipinski definition) is 3. The lowest BCUT2D eigenvalue weighted by Crippen LogP contribution is -2.06. The Balaban J connectivity index is 2.29. The van der Waals surface area contributed by atoms with E-state index < -0.39 is 27.9 Å². The maximum Gasteiger partial charge on any atom is 0.295 e. The number of benzene rings is 2. The zero-order chi connectivity index (χ0) is 14.7. The summed E-state index contributed by atoms with van der Waals surface area (Å²) < 4.78 is 26.8. The quantitative estimate of drug-likeness (QED) is 0.683. The van der Waals surface area contributed by atoms with Gasteiger partial charge >= 0.3 is 0 Å². The maximum absolute atomic E-state index is 13.7. The van der Waals surface area contributed by atoms with Gasteiger partial charge in [-0.2, -0.15) is 0 Å². The topological polar surface area (TPSA) is 55.2 Å². The van der Waals surface area contributed by atoms with Gasteiger partial charge in [0.1, 0.15) is 0 Å². The Morgan fingerprint density at radius 3 is 2.65 bits per heavy atom. The van der Waals surface area contributed by atoms with Crippen LogP contribution in [0, 0.1) is 28.7 Å². The summed E-state index contributed by atoms with van der Waals surface area (Å²) in [5.41, 5.74) is 0.912. The van der Waals surface area contributed by atoms with E-state index in [1.807, 2.05) is 25.1 Å². The summed E-state index contributed by atoms with van der Waals surface area (Å²) in [5.74, 6) is -2.37. The van der Waals surface area contributed by atoms with Crippen molar-refractivity contribution in [2.75, 3.05) is 5.32 Å². The van der Waals surface area contributed by atoms with Crippen LogP contribution < -0.4 is 5.32 Å². The fourth-order valence-corrected chi connectivity index (χ4v) is 1.87. The van der Waals surface area contributed by atoms with Crippen molar-refractivity contribution in [3.8, 4) is 0 Å². The van der Waals surface area contributed by atoms with Crippen molar-refractivity contribution < 1.29 is 13.7 Å². The number of hydrogen-bond donors (Lipinski definition) is 1. The molecule has 0 aromatic heterocycles. The van der Waals surface area contributed by atoms with Crippen LogP contribution in [0.5, 0.6) is 0 Å². The van der Waals surface area contributed by atoms with Crippen molar-refractivity contribution in [3.05, 3.63) is 69.3 Å². The molecule has 6 heteroatoms. The van der Waals surface area contributed by atoms with Gasteiger partial charge in [-0.3, -0.25) is 10.1 Å². The second kappa shape index (κ2) is 5.64. The summed E-state index contributed by atoms with van der Waals surface area (Å²) in [5, 5.41) is 13.4. The van der Waals surface area contributed by atoms with Crippen molar-refractivity contribution in [1.82, 2.24) is 0 Å². The summed E-state index contributed by atoms with van der Waals surface area (Å²) in [6, 6.07) is 9.05. The number of anilines is 1. The van der Waals surface area contributed by atoms with Gasteiger partial charge in [-0.25, -0.2) is 8.78 Å². The molecule has 0 aliphatic rings. The van der Waals surface area contributed by atoms with Crippen molar-refractivity contribution in [2.24, 2.45) is 0 Å². The highest BCUT2D eigenvalue weighted by atomic mass is 19.2. The molecule has 1 N–H and O–H groups in total. The van der Waals surface area contributed by atoms with Gasteiger partial charge in [-0.05, 0) is 18.6 Å². The molecule has 0 amide bonds. The minimum atomic E-state index is -1.24. The van der Waals surface area contributed by atoms with Crippen LogP contribution in [0.3, 0.4) is 0 Å². The average molecular weight is 278 g/mol. The molecule has 0 fully saturated rings. The van der Waals surface area contributed by atoms with Crippen LogP contribution in [0.4, 0.5) is 20.2 Å². The van der Waals surface area contributed by atoms with E-state index in [9.17, 15) is 18.9 Å². The molecule has 2 aromatic carbocycles. The van der Waals surface area contributed by atoms with E-state index in [4.69, 9.17) is 0 Å². The van der Waals surface area contributed by atoms with E-state index in [0.717, 1.165) is 23.3 Å². The molecule has 104 valence electrons. The SMILES string of the molecule is Cc1cccc(CNc2c([N+](=O)[O-])ccc(F)c2F)c1. The third-order valence-electron chi connectivity index (χ3n) is 2.82. The van der Waals surface area contributed by atoms with E-state index in [2.05, 4.69) is 5.32 Å². The van der Waals surface area contributed by atoms with Gasteiger partial charge in [0.25, 0.3) is 5.69 Å². The first-order chi connectivity index (χ1) is 9.49. The van der Waals surface area contributed by atoms with Crippen LogP contribution in [-0.4, -0.2) is 4.92 Å². The first-order valence-corrected chi connectivity index (χ1v) is 5.91. The highest BCUT2D eigenvalue weighted by Gasteiger charge is 2.21. The minimum Gasteiger partial charge on any atom is -0.373 e. The van der Waals surface area contributed by atoms with E-state index in [0.29, 0.717) is 0 Å². The Kier molecular flexibility index (Phi) is 3.93. The Bertz CT molecular complexity index is 660. The molecule has 0 saturated carbocycles. The standard InChI is InChI=1S/C14H12F2N2O2/c1-9-3-2-4-10(7-9)8-17-14-12(18(19)20)6-5-11(15)13(14)16/h2-7,17H,8H2,1H3. The lowest BCUT2D eigenvalue weighted by molar-refractivity contribution is -0.384. The van der Waals surface area contributed by atoms with Gasteiger partial charge in [0, 0.05) is 12.6 Å². The summed E-state index contributed by atoms with van der Waals surface area (Å²) in [7, 11) is 0. The molecule has 0 heterocycles. The smallest absolute Gasteiger partial charge is 0.295 e. The molecule has 0 spiro atoms. The highest BCUT2D eigenvalue weighted by molar-refractivity contribution is 5.62. The van der Waals surface area contributed by atoms with Crippen LogP contribution in [0.15, 0.2) is 36.4 Å². The molecular weight excluding hydrogens is 266 g/mol. The van der Waals surface area contributed by atoms with Crippen LogP contribution >= 0.6 is 0 Å². The van der Waals surface area contributed by atoms with E-state index >= 15 is 0 Å². The van der Waals surface area contributed by atoms with Crippen LogP contribution in [0.25, 0.3) is 0 Å². The fourth-order valence-electron chi connectivity index (χ4n) is 1.87. The molecule has 0 saturated heterocycles. The second-order valence-corrected chi connectivity index (χ2v) is 4.36. The number of aryl methyl sites for hydroxylation is 1. The Labute approximate surface area is 114 Å². The monoisotopic (exact) mass is 278 g/mol. The van der Waals surface area contributed by atoms with E-state index in [1.165, 1.54) is 0 Å². The number of rotatable bonds is 4. The molecular formula is C14H12F2N2O2. The first-order valence-electron chi connectivity index (χ1n) is 5.91. The number of halogens is 2. The predicted octanol–water partition coefficient (Wildman–Crippen LogP) is 3.79. The van der Waals surface area contributed by atoms with Crippen LogP contribution in [-0.2, 0) is 6.54 Å². The van der Waals surface area contributed by atoms with Crippen LogP contribution in [0.2, 0.25) is 0 Å². The lowest BCUT2D eigenvalue weighted by Gasteiger charge is -2.09. The summed E-state index contributed by atoms with van der Waals surface area (Å²) >= 11 is 0. The van der Waals surface area contributed by atoms with E-state index in [1.54, 1.807) is 6.07 Å². The lowest BCUT2D eigenvalue weighted by atomic mass is 10.1. The molecule has 2 rings (SSSR count).